The summed E-state index contributed by atoms with van der Waals surface area (Å²) >= 11 is 0. The number of fused-ring (bicyclic) bond motifs is 1. The lowest BCUT2D eigenvalue weighted by molar-refractivity contribution is -0.531. The van der Waals surface area contributed by atoms with E-state index in [4.69, 9.17) is 128 Å². The fourth-order valence-corrected chi connectivity index (χ4v) is 22.7. The number of ether oxygens (including phenoxy) is 25. The quantitative estimate of drug-likeness (QED) is 0.0254. The first-order valence-electron chi connectivity index (χ1n) is 54.1. The van der Waals surface area contributed by atoms with E-state index >= 15 is 0 Å². The summed E-state index contributed by atoms with van der Waals surface area (Å²) in [5.41, 5.74) is 5.69. The van der Waals surface area contributed by atoms with E-state index in [1.807, 2.05) is 182 Å². The zero-order valence-corrected chi connectivity index (χ0v) is 89.3. The molecule has 0 spiro atoms. The van der Waals surface area contributed by atoms with Gasteiger partial charge >= 0.3 is 11.9 Å². The number of rotatable bonds is 41. The number of carbonyl (C=O) groups is 2. The molecule has 16 rings (SSSR count). The van der Waals surface area contributed by atoms with E-state index in [0.717, 1.165) is 33.4 Å². The molecule has 10 saturated heterocycles. The Morgan fingerprint density at radius 2 is 0.603 bits per heavy atom. The lowest BCUT2D eigenvalue weighted by atomic mass is 9.81. The second-order valence-electron chi connectivity index (χ2n) is 43.2. The van der Waals surface area contributed by atoms with Crippen LogP contribution >= 0.6 is 0 Å². The SMILES string of the molecule is CCC1O[C@H](OCC2O[C@@H](O[C@@H]3C(COCc4ccccc4)O[C@@H](OCc4ccccc4)[C@@H](C)C3C)[C@H](OCc3ccccc3)C(O[C@@H]3OC(CC)[C@H](C)[C@@H](C)C3O[C@@H]3OC(CC)[C@@H](O[C@@H]4OC(COCc5ccccc5)[C@H](C)C(C)[C@@H]4OC(C)=O)C(C)[C@@H]3C)[C@@H]2O[C@@H]2OC3OOC(c4ccccc4)O[C@H]3C(C)[C@@H]2C)[C@H](O[C@@H]2OC[C@@H](O[C@@H]3OC(COCc4ccccc4)[C@H](C)C(C)[C@@H]3OC(C)=O)C(C)[C@@H]2C)C(C)[C@@H]1C. The van der Waals surface area contributed by atoms with Crippen LogP contribution in [0.4, 0.5) is 0 Å². The second kappa shape index (κ2) is 52.7. The topological polar surface area (TPSA) is 283 Å². The largest absolute Gasteiger partial charge is 0.457 e. The van der Waals surface area contributed by atoms with Crippen molar-refractivity contribution in [3.8, 4) is 0 Å². The monoisotopic (exact) mass is 2030 g/mol. The third kappa shape index (κ3) is 27.2. The maximum atomic E-state index is 13.2. The second-order valence-corrected chi connectivity index (χ2v) is 43.2. The number of hydrogen-bond donors (Lipinski definition) is 0. The molecule has 10 fully saturated rings. The Labute approximate surface area is 865 Å². The highest BCUT2D eigenvalue weighted by Gasteiger charge is 2.61. The molecule has 806 valence electrons. The van der Waals surface area contributed by atoms with Crippen molar-refractivity contribution >= 4 is 11.9 Å². The van der Waals surface area contributed by atoms with Crippen LogP contribution < -0.4 is 0 Å². The number of benzene rings is 6. The van der Waals surface area contributed by atoms with Gasteiger partial charge in [-0.2, -0.15) is 9.78 Å². The summed E-state index contributed by atoms with van der Waals surface area (Å²) in [7, 11) is 0. The van der Waals surface area contributed by atoms with Crippen molar-refractivity contribution in [1.82, 2.24) is 0 Å². The van der Waals surface area contributed by atoms with E-state index in [2.05, 4.69) is 132 Å². The molecule has 0 N–H and O–H groups in total. The van der Waals surface area contributed by atoms with Crippen LogP contribution in [0.15, 0.2) is 182 Å². The molecule has 0 amide bonds. The summed E-state index contributed by atoms with van der Waals surface area (Å²) in [6.45, 7) is 45.3. The van der Waals surface area contributed by atoms with E-state index in [1.165, 1.54) is 13.8 Å². The molecule has 10 aliphatic rings. The van der Waals surface area contributed by atoms with Crippen LogP contribution in [0.3, 0.4) is 0 Å². The molecule has 0 radical (unpaired) electrons. The van der Waals surface area contributed by atoms with Gasteiger partial charge in [-0.05, 0) is 106 Å². The number of hydrogen-bond acceptors (Lipinski definition) is 29. The molecule has 0 aliphatic carbocycles. The summed E-state index contributed by atoms with van der Waals surface area (Å²) < 4.78 is 180. The molecule has 10 heterocycles. The maximum Gasteiger partial charge on any atom is 0.303 e. The van der Waals surface area contributed by atoms with Crippen molar-refractivity contribution in [2.24, 2.45) is 94.7 Å². The first-order chi connectivity index (χ1) is 70.5. The van der Waals surface area contributed by atoms with Crippen molar-refractivity contribution in [3.05, 3.63) is 215 Å². The van der Waals surface area contributed by atoms with Crippen molar-refractivity contribution < 1.29 is 138 Å². The van der Waals surface area contributed by atoms with Crippen molar-refractivity contribution in [1.29, 1.82) is 0 Å². The van der Waals surface area contributed by atoms with Crippen LogP contribution in [0.25, 0.3) is 0 Å². The first-order valence-corrected chi connectivity index (χ1v) is 54.1. The molecule has 45 atom stereocenters. The zero-order valence-electron chi connectivity index (χ0n) is 89.3. The van der Waals surface area contributed by atoms with Gasteiger partial charge < -0.3 is 118 Å². The molecule has 18 unspecified atom stereocenters. The van der Waals surface area contributed by atoms with Gasteiger partial charge in [0.05, 0.1) is 115 Å². The van der Waals surface area contributed by atoms with Crippen LogP contribution in [0.1, 0.15) is 204 Å². The van der Waals surface area contributed by atoms with Gasteiger partial charge in [-0.1, -0.05) is 314 Å². The standard InChI is InChI=1S/C117H164O29/c1-22-89-65(4)70(9)99(139-108-77(16)69(8)94(63-125-108)134-113-100(127-81(20)118)72(11)67(6)92(132-113)60-120-55-83-43-31-25-32-44-83)112(129-89)126-64-96-104(142-110-80(19)76(15)103-117(144-110)146-145-111(141-103)88-53-41-30-42-54-88)105(106(123-58-86-49-37-28-38-50-86)116(136-96)138-98-74(13)78(17)107(124-59-87-51-39-29-40-52-87)135-95(98)62-122-57-85-47-35-27-36-48-85)143-115-102(71(10)66(5)90(23-2)130-115)140-109-79(18)75(14)97(91(24-3)131-109)137-114-101(128-82(21)119)73(12)68(7)93(133-114)61-121-56-84-45-33-26-34-46-84/h25-54,65-80,89-117H,22-24,55-64H2,1-21H3/t65-,66+,67+,68+,69?,70?,71+,72?,73?,74?,75?,76?,77-,78-,79-,80-,89?,90?,91?,92?,93?,94+,95?,96?,97-,98-,99+,100-,101-,102?,103-,104+,105?,106+,107+,108-,109-,110+,111?,112-,113-,114-,115-,116-,117?/m0/s1. The summed E-state index contributed by atoms with van der Waals surface area (Å²) in [5.74, 6) is -4.18. The first kappa shape index (κ1) is 112. The van der Waals surface area contributed by atoms with Gasteiger partial charge in [-0.25, -0.2) is 0 Å². The Balaban J connectivity index is 0.758. The molecule has 10 aliphatic heterocycles. The van der Waals surface area contributed by atoms with Crippen LogP contribution in [0.2, 0.25) is 0 Å². The fraction of sp³-hybridized carbons (Fsp3) is 0.675. The average Bonchev–Trinajstić information content (AvgIpc) is 0.742. The Kier molecular flexibility index (Phi) is 40.4. The minimum atomic E-state index is -1.35. The van der Waals surface area contributed by atoms with Crippen LogP contribution in [-0.4, -0.2) is 218 Å². The Bertz CT molecular complexity index is 4850. The van der Waals surface area contributed by atoms with Crippen molar-refractivity contribution in [3.63, 3.8) is 0 Å². The number of esters is 2. The van der Waals surface area contributed by atoms with Crippen LogP contribution in [0, 0.1) is 94.7 Å². The summed E-state index contributed by atoms with van der Waals surface area (Å²) in [5, 5.41) is 0. The average molecular weight is 2030 g/mol. The van der Waals surface area contributed by atoms with Gasteiger partial charge in [0.15, 0.2) is 68.8 Å². The molecule has 0 saturated carbocycles. The Hall–Kier alpha value is -6.74. The molecule has 146 heavy (non-hydrogen) atoms. The molecule has 0 aromatic heterocycles. The minimum absolute atomic E-state index is 0.0254. The Morgan fingerprint density at radius 1 is 0.260 bits per heavy atom. The van der Waals surface area contributed by atoms with Crippen LogP contribution in [0.5, 0.6) is 0 Å². The van der Waals surface area contributed by atoms with Gasteiger partial charge in [0, 0.05) is 54.9 Å². The van der Waals surface area contributed by atoms with Gasteiger partial charge in [-0.3, -0.25) is 9.59 Å². The zero-order chi connectivity index (χ0) is 103. The third-order valence-electron chi connectivity index (χ3n) is 33.7. The molecule has 29 nitrogen and oxygen atoms in total. The molecule has 29 heteroatoms. The van der Waals surface area contributed by atoms with Gasteiger partial charge in [0.25, 0.3) is 0 Å². The third-order valence-corrected chi connectivity index (χ3v) is 33.7. The van der Waals surface area contributed by atoms with Gasteiger partial charge in [-0.15, -0.1) is 0 Å². The molecule has 0 bridgehead atoms. The summed E-state index contributed by atoms with van der Waals surface area (Å²) in [6.07, 6.45) is -22.2. The predicted octanol–water partition coefficient (Wildman–Crippen LogP) is 19.6. The minimum Gasteiger partial charge on any atom is -0.457 e. The molecule has 6 aromatic rings. The van der Waals surface area contributed by atoms with E-state index < -0.39 is 173 Å². The fourth-order valence-electron chi connectivity index (χ4n) is 22.7. The maximum absolute atomic E-state index is 13.2. The lowest BCUT2D eigenvalue weighted by Crippen LogP contribution is -2.67. The Morgan fingerprint density at radius 3 is 1.11 bits per heavy atom. The molecule has 6 aromatic carbocycles. The molecular weight excluding hydrogens is 1870 g/mol. The lowest BCUT2D eigenvalue weighted by Gasteiger charge is -2.54. The summed E-state index contributed by atoms with van der Waals surface area (Å²) in [6, 6.07) is 59.9. The van der Waals surface area contributed by atoms with Crippen LogP contribution in [-0.2, 0) is 171 Å². The van der Waals surface area contributed by atoms with Gasteiger partial charge in [0.2, 0.25) is 12.6 Å². The van der Waals surface area contributed by atoms with E-state index in [9.17, 15) is 9.59 Å². The normalized spacial score (nSPS) is 40.7. The number of carbonyl (C=O) groups excluding carboxylic acids is 2. The highest BCUT2D eigenvalue weighted by atomic mass is 17.3. The summed E-state index contributed by atoms with van der Waals surface area (Å²) in [4.78, 5) is 38.7. The highest BCUT2D eigenvalue weighted by molar-refractivity contribution is 5.66. The smallest absolute Gasteiger partial charge is 0.303 e. The van der Waals surface area contributed by atoms with Crippen molar-refractivity contribution in [2.45, 2.75) is 377 Å². The highest BCUT2D eigenvalue weighted by Crippen LogP contribution is 2.50. The van der Waals surface area contributed by atoms with E-state index in [1.54, 1.807) is 0 Å². The van der Waals surface area contributed by atoms with E-state index in [0.29, 0.717) is 52.3 Å². The van der Waals surface area contributed by atoms with Gasteiger partial charge in [0.1, 0.15) is 48.8 Å². The molecular formula is C117H164O29. The van der Waals surface area contributed by atoms with E-state index in [-0.39, 0.29) is 146 Å². The predicted molar refractivity (Wildman–Crippen MR) is 538 cm³/mol. The van der Waals surface area contributed by atoms with Crippen molar-refractivity contribution in [2.75, 3.05) is 33.0 Å².